The van der Waals surface area contributed by atoms with Crippen molar-refractivity contribution in [3.05, 3.63) is 0 Å². The molecule has 0 bridgehead atoms. The van der Waals surface area contributed by atoms with E-state index in [4.69, 9.17) is 0 Å². The first-order valence-electron chi connectivity index (χ1n) is 5.41. The van der Waals surface area contributed by atoms with E-state index < -0.39 is 0 Å². The monoisotopic (exact) mass is 186 g/mol. The Bertz CT molecular complexity index is 123. The SMILES string of the molecule is CC(C)CCC1(P)CCCCC1. The molecule has 0 aliphatic heterocycles. The number of hydrogen-bond acceptors (Lipinski definition) is 0. The molecular formula is C11H23P. The van der Waals surface area contributed by atoms with Crippen molar-refractivity contribution in [3.63, 3.8) is 0 Å². The molecule has 72 valence electrons. The molecule has 0 spiro atoms. The van der Waals surface area contributed by atoms with Crippen LogP contribution in [-0.2, 0) is 0 Å². The lowest BCUT2D eigenvalue weighted by Gasteiger charge is -2.33. The van der Waals surface area contributed by atoms with Crippen molar-refractivity contribution in [2.45, 2.75) is 63.9 Å². The molecule has 1 unspecified atom stereocenters. The highest BCUT2D eigenvalue weighted by Gasteiger charge is 2.26. The van der Waals surface area contributed by atoms with E-state index in [1.165, 1.54) is 44.9 Å². The maximum absolute atomic E-state index is 3.13. The fourth-order valence-corrected chi connectivity index (χ4v) is 2.66. The molecule has 0 radical (unpaired) electrons. The lowest BCUT2D eigenvalue weighted by Crippen LogP contribution is -2.24. The van der Waals surface area contributed by atoms with Crippen molar-refractivity contribution in [1.82, 2.24) is 0 Å². The van der Waals surface area contributed by atoms with E-state index in [1.807, 2.05) is 0 Å². The van der Waals surface area contributed by atoms with Crippen LogP contribution >= 0.6 is 9.24 Å². The topological polar surface area (TPSA) is 0 Å². The van der Waals surface area contributed by atoms with Gasteiger partial charge < -0.3 is 0 Å². The second-order valence-electron chi connectivity index (χ2n) is 4.86. The zero-order valence-corrected chi connectivity index (χ0v) is 9.76. The summed E-state index contributed by atoms with van der Waals surface area (Å²) in [5, 5.41) is 0.628. The highest BCUT2D eigenvalue weighted by molar-refractivity contribution is 7.19. The average molecular weight is 186 g/mol. The Morgan fingerprint density at radius 1 is 1.17 bits per heavy atom. The summed E-state index contributed by atoms with van der Waals surface area (Å²) in [6.07, 6.45) is 10.1. The number of hydrogen-bond donors (Lipinski definition) is 0. The van der Waals surface area contributed by atoms with Gasteiger partial charge in [-0.2, -0.15) is 0 Å². The Kier molecular flexibility index (Phi) is 4.03. The molecule has 0 N–H and O–H groups in total. The van der Waals surface area contributed by atoms with E-state index in [9.17, 15) is 0 Å². The third-order valence-electron chi connectivity index (χ3n) is 3.07. The lowest BCUT2D eigenvalue weighted by molar-refractivity contribution is 0.352. The van der Waals surface area contributed by atoms with Crippen molar-refractivity contribution in [2.75, 3.05) is 0 Å². The fourth-order valence-electron chi connectivity index (χ4n) is 2.08. The fraction of sp³-hybridized carbons (Fsp3) is 1.00. The molecule has 1 atom stereocenters. The predicted molar refractivity (Wildman–Crippen MR) is 59.6 cm³/mol. The molecule has 0 nitrogen and oxygen atoms in total. The summed E-state index contributed by atoms with van der Waals surface area (Å²) in [7, 11) is 3.13. The number of rotatable bonds is 3. The minimum atomic E-state index is 0.628. The van der Waals surface area contributed by atoms with Gasteiger partial charge in [-0.15, -0.1) is 9.24 Å². The minimum Gasteiger partial charge on any atom is -0.131 e. The molecule has 1 aliphatic rings. The normalized spacial score (nSPS) is 23.0. The van der Waals surface area contributed by atoms with Crippen molar-refractivity contribution in [2.24, 2.45) is 5.92 Å². The van der Waals surface area contributed by atoms with Crippen LogP contribution in [0.3, 0.4) is 0 Å². The van der Waals surface area contributed by atoms with Crippen LogP contribution in [0.25, 0.3) is 0 Å². The van der Waals surface area contributed by atoms with Crippen LogP contribution in [0.15, 0.2) is 0 Å². The van der Waals surface area contributed by atoms with Crippen LogP contribution in [0.1, 0.15) is 58.8 Å². The Morgan fingerprint density at radius 2 is 1.75 bits per heavy atom. The quantitative estimate of drug-likeness (QED) is 0.584. The summed E-state index contributed by atoms with van der Waals surface area (Å²) < 4.78 is 0. The summed E-state index contributed by atoms with van der Waals surface area (Å²) in [6.45, 7) is 4.66. The van der Waals surface area contributed by atoms with Gasteiger partial charge in [-0.3, -0.25) is 0 Å². The van der Waals surface area contributed by atoms with E-state index >= 15 is 0 Å². The largest absolute Gasteiger partial charge is 0.131 e. The van der Waals surface area contributed by atoms with Crippen LogP contribution < -0.4 is 0 Å². The van der Waals surface area contributed by atoms with Gasteiger partial charge in [-0.1, -0.05) is 39.5 Å². The second-order valence-corrected chi connectivity index (χ2v) is 6.08. The molecule has 0 heterocycles. The first-order valence-corrected chi connectivity index (χ1v) is 5.99. The highest BCUT2D eigenvalue weighted by atomic mass is 31.0. The first-order chi connectivity index (χ1) is 5.62. The van der Waals surface area contributed by atoms with Crippen LogP contribution in [-0.4, -0.2) is 5.16 Å². The van der Waals surface area contributed by atoms with E-state index in [0.717, 1.165) is 5.92 Å². The third kappa shape index (κ3) is 3.44. The van der Waals surface area contributed by atoms with Crippen LogP contribution in [0.5, 0.6) is 0 Å². The van der Waals surface area contributed by atoms with E-state index in [0.29, 0.717) is 5.16 Å². The second kappa shape index (κ2) is 4.61. The Morgan fingerprint density at radius 3 is 2.25 bits per heavy atom. The minimum absolute atomic E-state index is 0.628. The molecule has 0 aromatic carbocycles. The molecular weight excluding hydrogens is 163 g/mol. The van der Waals surface area contributed by atoms with Crippen LogP contribution in [0, 0.1) is 5.92 Å². The summed E-state index contributed by atoms with van der Waals surface area (Å²) >= 11 is 0. The van der Waals surface area contributed by atoms with Gasteiger partial charge in [0.2, 0.25) is 0 Å². The smallest absolute Gasteiger partial charge is 0.0150 e. The van der Waals surface area contributed by atoms with Gasteiger partial charge in [0.1, 0.15) is 0 Å². The summed E-state index contributed by atoms with van der Waals surface area (Å²) in [4.78, 5) is 0. The van der Waals surface area contributed by atoms with Gasteiger partial charge in [0, 0.05) is 0 Å². The highest BCUT2D eigenvalue weighted by Crippen LogP contribution is 2.40. The molecule has 1 aliphatic carbocycles. The molecule has 12 heavy (non-hydrogen) atoms. The van der Waals surface area contributed by atoms with Gasteiger partial charge in [0.25, 0.3) is 0 Å². The summed E-state index contributed by atoms with van der Waals surface area (Å²) in [5.41, 5.74) is 0. The Balaban J connectivity index is 2.26. The van der Waals surface area contributed by atoms with Gasteiger partial charge >= 0.3 is 0 Å². The molecule has 1 fully saturated rings. The maximum atomic E-state index is 3.13. The maximum Gasteiger partial charge on any atom is -0.0150 e. The third-order valence-corrected chi connectivity index (χ3v) is 3.93. The summed E-state index contributed by atoms with van der Waals surface area (Å²) in [6, 6.07) is 0. The van der Waals surface area contributed by atoms with Crippen LogP contribution in [0.2, 0.25) is 0 Å². The van der Waals surface area contributed by atoms with Gasteiger partial charge in [0.15, 0.2) is 0 Å². The Labute approximate surface area is 79.7 Å². The summed E-state index contributed by atoms with van der Waals surface area (Å²) in [5.74, 6) is 0.879. The van der Waals surface area contributed by atoms with E-state index in [1.54, 1.807) is 0 Å². The van der Waals surface area contributed by atoms with Crippen molar-refractivity contribution >= 4 is 9.24 Å². The van der Waals surface area contributed by atoms with Gasteiger partial charge in [-0.25, -0.2) is 0 Å². The van der Waals surface area contributed by atoms with E-state index in [2.05, 4.69) is 23.1 Å². The standard InChI is InChI=1S/C11H23P/c1-10(2)6-9-11(12)7-4-3-5-8-11/h10H,3-9,12H2,1-2H3. The van der Waals surface area contributed by atoms with Crippen molar-refractivity contribution < 1.29 is 0 Å². The molecule has 0 amide bonds. The predicted octanol–water partition coefficient (Wildman–Crippen LogP) is 4.00. The van der Waals surface area contributed by atoms with E-state index in [-0.39, 0.29) is 0 Å². The Hall–Kier alpha value is 0.430. The van der Waals surface area contributed by atoms with Crippen molar-refractivity contribution in [1.29, 1.82) is 0 Å². The first kappa shape index (κ1) is 10.5. The molecule has 1 rings (SSSR count). The lowest BCUT2D eigenvalue weighted by atomic mass is 9.83. The zero-order chi connectivity index (χ0) is 9.03. The molecule has 0 aromatic rings. The van der Waals surface area contributed by atoms with Crippen LogP contribution in [0.4, 0.5) is 0 Å². The van der Waals surface area contributed by atoms with Gasteiger partial charge in [0.05, 0.1) is 0 Å². The van der Waals surface area contributed by atoms with Crippen molar-refractivity contribution in [3.8, 4) is 0 Å². The average Bonchev–Trinajstić information content (AvgIpc) is 2.03. The molecule has 0 saturated heterocycles. The molecule has 1 heteroatoms. The van der Waals surface area contributed by atoms with Gasteiger partial charge in [-0.05, 0) is 30.3 Å². The molecule has 1 saturated carbocycles. The molecule has 0 aromatic heterocycles. The zero-order valence-electron chi connectivity index (χ0n) is 8.60.